The van der Waals surface area contributed by atoms with Crippen LogP contribution in [0.2, 0.25) is 5.02 Å². The molecule has 1 N–H and O–H groups in total. The number of nitrogens with one attached hydrogen (secondary N) is 1. The number of rotatable bonds is 11. The Morgan fingerprint density at radius 2 is 1.69 bits per heavy atom. The van der Waals surface area contributed by atoms with E-state index >= 15 is 0 Å². The minimum absolute atomic E-state index is 0.130. The first-order valence-electron chi connectivity index (χ1n) is 11.6. The summed E-state index contributed by atoms with van der Waals surface area (Å²) in [7, 11) is 0. The molecular formula is C28H30ClFN2O3. The Morgan fingerprint density at radius 1 is 0.971 bits per heavy atom. The van der Waals surface area contributed by atoms with Crippen molar-refractivity contribution in [2.75, 3.05) is 13.2 Å². The van der Waals surface area contributed by atoms with Crippen LogP contribution in [-0.2, 0) is 22.6 Å². The lowest BCUT2D eigenvalue weighted by Crippen LogP contribution is -2.52. The van der Waals surface area contributed by atoms with Crippen molar-refractivity contribution in [3.8, 4) is 5.75 Å². The zero-order chi connectivity index (χ0) is 25.2. The lowest BCUT2D eigenvalue weighted by molar-refractivity contribution is -0.142. The zero-order valence-corrected chi connectivity index (χ0v) is 20.7. The highest BCUT2D eigenvalue weighted by atomic mass is 35.5. The number of benzene rings is 3. The van der Waals surface area contributed by atoms with E-state index in [0.29, 0.717) is 29.3 Å². The maximum Gasteiger partial charge on any atom is 0.261 e. The number of nitrogens with zero attached hydrogens (tertiary/aromatic N) is 1. The van der Waals surface area contributed by atoms with E-state index in [2.05, 4.69) is 5.32 Å². The van der Waals surface area contributed by atoms with Crippen LogP contribution in [0.15, 0.2) is 78.9 Å². The van der Waals surface area contributed by atoms with Crippen LogP contribution in [0, 0.1) is 11.7 Å². The Hall–Kier alpha value is -3.38. The first-order chi connectivity index (χ1) is 16.8. The second kappa shape index (κ2) is 12.9. The van der Waals surface area contributed by atoms with Gasteiger partial charge in [-0.25, -0.2) is 4.39 Å². The van der Waals surface area contributed by atoms with Gasteiger partial charge in [0.05, 0.1) is 0 Å². The third kappa shape index (κ3) is 8.41. The van der Waals surface area contributed by atoms with Gasteiger partial charge in [0.25, 0.3) is 5.91 Å². The van der Waals surface area contributed by atoms with Crippen LogP contribution in [0.3, 0.4) is 0 Å². The maximum atomic E-state index is 13.5. The van der Waals surface area contributed by atoms with Crippen molar-refractivity contribution in [2.45, 2.75) is 32.9 Å². The molecular weight excluding hydrogens is 467 g/mol. The average molecular weight is 497 g/mol. The van der Waals surface area contributed by atoms with Crippen molar-refractivity contribution in [3.63, 3.8) is 0 Å². The summed E-state index contributed by atoms with van der Waals surface area (Å²) in [6.07, 6.45) is 0.328. The Morgan fingerprint density at radius 3 is 2.34 bits per heavy atom. The van der Waals surface area contributed by atoms with Gasteiger partial charge in [-0.15, -0.1) is 0 Å². The van der Waals surface area contributed by atoms with Crippen LogP contribution >= 0.6 is 11.6 Å². The largest absolute Gasteiger partial charge is 0.484 e. The molecule has 1 atom stereocenters. The van der Waals surface area contributed by atoms with Crippen molar-refractivity contribution < 1.29 is 18.7 Å². The lowest BCUT2D eigenvalue weighted by atomic mass is 10.0. The second-order valence-electron chi connectivity index (χ2n) is 8.74. The van der Waals surface area contributed by atoms with E-state index in [1.807, 2.05) is 44.2 Å². The van der Waals surface area contributed by atoms with Gasteiger partial charge in [-0.05, 0) is 47.4 Å². The molecule has 0 heterocycles. The predicted molar refractivity (Wildman–Crippen MR) is 136 cm³/mol. The van der Waals surface area contributed by atoms with E-state index in [1.54, 1.807) is 36.4 Å². The third-order valence-corrected chi connectivity index (χ3v) is 5.62. The summed E-state index contributed by atoms with van der Waals surface area (Å²) >= 11 is 6.03. The van der Waals surface area contributed by atoms with Crippen LogP contribution < -0.4 is 10.1 Å². The third-order valence-electron chi connectivity index (χ3n) is 5.38. The first kappa shape index (κ1) is 26.2. The standard InChI is InChI=1S/C28H30ClFN2O3/c1-20(2)17-31-28(34)26(15-21-7-4-3-5-8-21)32(18-22-11-13-24(30)14-12-22)27(33)19-35-25-10-6-9-23(29)16-25/h3-14,16,20,26H,15,17-19H2,1-2H3,(H,31,34)/t26-/m0/s1. The van der Waals surface area contributed by atoms with Gasteiger partial charge in [0.15, 0.2) is 6.61 Å². The molecule has 0 bridgehead atoms. The van der Waals surface area contributed by atoms with E-state index in [4.69, 9.17) is 16.3 Å². The minimum atomic E-state index is -0.781. The van der Waals surface area contributed by atoms with Crippen LogP contribution in [0.25, 0.3) is 0 Å². The molecule has 0 fully saturated rings. The van der Waals surface area contributed by atoms with Gasteiger partial charge in [0.1, 0.15) is 17.6 Å². The SMILES string of the molecule is CC(C)CNC(=O)[C@H](Cc1ccccc1)N(Cc1ccc(F)cc1)C(=O)COc1cccc(Cl)c1. The summed E-state index contributed by atoms with van der Waals surface area (Å²) in [4.78, 5) is 28.3. The fraction of sp³-hybridized carbons (Fsp3) is 0.286. The van der Waals surface area contributed by atoms with E-state index in [-0.39, 0.29) is 36.7 Å². The van der Waals surface area contributed by atoms with Gasteiger partial charge in [-0.1, -0.05) is 74.0 Å². The van der Waals surface area contributed by atoms with Crippen molar-refractivity contribution in [2.24, 2.45) is 5.92 Å². The fourth-order valence-electron chi connectivity index (χ4n) is 3.55. The van der Waals surface area contributed by atoms with Crippen LogP contribution in [0.5, 0.6) is 5.75 Å². The molecule has 0 saturated carbocycles. The molecule has 0 unspecified atom stereocenters. The van der Waals surface area contributed by atoms with Gasteiger partial charge in [-0.2, -0.15) is 0 Å². The summed E-state index contributed by atoms with van der Waals surface area (Å²) in [5, 5.41) is 3.46. The Balaban J connectivity index is 1.89. The summed E-state index contributed by atoms with van der Waals surface area (Å²) in [5.74, 6) is -0.276. The van der Waals surface area contributed by atoms with Crippen LogP contribution in [0.1, 0.15) is 25.0 Å². The molecule has 184 valence electrons. The number of ether oxygens (including phenoxy) is 1. The Labute approximate surface area is 210 Å². The molecule has 3 rings (SSSR count). The molecule has 0 spiro atoms. The average Bonchev–Trinajstić information content (AvgIpc) is 2.85. The number of halogens is 2. The maximum absolute atomic E-state index is 13.5. The minimum Gasteiger partial charge on any atom is -0.484 e. The molecule has 3 aromatic rings. The Bertz CT molecular complexity index is 1110. The van der Waals surface area contributed by atoms with Gasteiger partial charge >= 0.3 is 0 Å². The van der Waals surface area contributed by atoms with Gasteiger partial charge in [0.2, 0.25) is 5.91 Å². The van der Waals surface area contributed by atoms with Crippen LogP contribution in [0.4, 0.5) is 4.39 Å². The molecule has 7 heteroatoms. The van der Waals surface area contributed by atoms with E-state index in [0.717, 1.165) is 5.56 Å². The number of carbonyl (C=O) groups excluding carboxylic acids is 2. The number of amides is 2. The van der Waals surface area contributed by atoms with Crippen molar-refractivity contribution >= 4 is 23.4 Å². The predicted octanol–water partition coefficient (Wildman–Crippen LogP) is 5.27. The summed E-state index contributed by atoms with van der Waals surface area (Å²) in [5.41, 5.74) is 1.63. The summed E-state index contributed by atoms with van der Waals surface area (Å²) in [6, 6.07) is 21.4. The van der Waals surface area contributed by atoms with Gasteiger partial charge < -0.3 is 15.0 Å². The molecule has 2 amide bonds. The quantitative estimate of drug-likeness (QED) is 0.393. The number of hydrogen-bond acceptors (Lipinski definition) is 3. The van der Waals surface area contributed by atoms with Crippen LogP contribution in [-0.4, -0.2) is 35.9 Å². The molecule has 3 aromatic carbocycles. The normalized spacial score (nSPS) is 11.7. The number of carbonyl (C=O) groups is 2. The highest BCUT2D eigenvalue weighted by Crippen LogP contribution is 2.19. The second-order valence-corrected chi connectivity index (χ2v) is 9.18. The zero-order valence-electron chi connectivity index (χ0n) is 19.9. The molecule has 0 aliphatic carbocycles. The van der Waals surface area contributed by atoms with E-state index in [1.165, 1.54) is 17.0 Å². The van der Waals surface area contributed by atoms with Gasteiger partial charge in [0, 0.05) is 24.5 Å². The molecule has 0 radical (unpaired) electrons. The van der Waals surface area contributed by atoms with Crippen molar-refractivity contribution in [1.82, 2.24) is 10.2 Å². The highest BCUT2D eigenvalue weighted by molar-refractivity contribution is 6.30. The number of hydrogen-bond donors (Lipinski definition) is 1. The highest BCUT2D eigenvalue weighted by Gasteiger charge is 2.30. The van der Waals surface area contributed by atoms with Crippen molar-refractivity contribution in [1.29, 1.82) is 0 Å². The van der Waals surface area contributed by atoms with E-state index in [9.17, 15) is 14.0 Å². The molecule has 5 nitrogen and oxygen atoms in total. The summed E-state index contributed by atoms with van der Waals surface area (Å²) in [6.45, 7) is 4.36. The molecule has 0 aliphatic heterocycles. The fourth-order valence-corrected chi connectivity index (χ4v) is 3.73. The Kier molecular flexibility index (Phi) is 9.67. The van der Waals surface area contributed by atoms with E-state index < -0.39 is 6.04 Å². The molecule has 35 heavy (non-hydrogen) atoms. The lowest BCUT2D eigenvalue weighted by Gasteiger charge is -2.31. The van der Waals surface area contributed by atoms with Gasteiger partial charge in [-0.3, -0.25) is 9.59 Å². The smallest absolute Gasteiger partial charge is 0.261 e. The van der Waals surface area contributed by atoms with Crippen molar-refractivity contribution in [3.05, 3.63) is 101 Å². The molecule has 0 saturated heterocycles. The molecule has 0 aliphatic rings. The molecule has 0 aromatic heterocycles. The monoisotopic (exact) mass is 496 g/mol. The summed E-state index contributed by atoms with van der Waals surface area (Å²) < 4.78 is 19.2. The topological polar surface area (TPSA) is 58.6 Å². The first-order valence-corrected chi connectivity index (χ1v) is 11.9.